The van der Waals surface area contributed by atoms with E-state index in [-0.39, 0.29) is 47.1 Å². The zero-order valence-corrected chi connectivity index (χ0v) is 21.1. The number of ether oxygens (including phenoxy) is 1. The van der Waals surface area contributed by atoms with Crippen LogP contribution in [0.1, 0.15) is 19.4 Å². The highest BCUT2D eigenvalue weighted by Crippen LogP contribution is 2.52. The molecular weight excluding hydrogens is 508 g/mol. The minimum Gasteiger partial charge on any atom is -0.456 e. The lowest BCUT2D eigenvalue weighted by Crippen LogP contribution is -2.63. The molecule has 1 saturated heterocycles. The van der Waals surface area contributed by atoms with Crippen LogP contribution in [0, 0.1) is 22.0 Å². The standard InChI is InChI=1S/C22H24N6O6S2/c1-10-16-15(11(2)29)19(30)27(16)17(20(31)34-8-12-3-5-13(6-4-12)28(32)33)18(10)36-14-7-26-22(35-9-14)24-21(23)25-26/h3-6,10-11,14-16,29H,7-9H2,1-2H3,(H2,23,25)/t10-,11-,14?,15-,16-/m1/s1. The molecule has 36 heavy (non-hydrogen) atoms. The molecule has 4 heterocycles. The molecule has 2 aromatic rings. The molecule has 0 aliphatic carbocycles. The number of amides is 1. The number of rotatable bonds is 7. The SMILES string of the molecule is C[C@@H](O)[C@H]1C(=O)N2C(C(=O)OCc3ccc([N+](=O)[O-])cc3)=C(SC3CSc4nc(N)nn4C3)[C@H](C)[C@H]12. The molecule has 14 heteroatoms. The fourth-order valence-corrected chi connectivity index (χ4v) is 7.40. The Morgan fingerprint density at radius 3 is 2.81 bits per heavy atom. The largest absolute Gasteiger partial charge is 0.456 e. The zero-order valence-electron chi connectivity index (χ0n) is 19.4. The smallest absolute Gasteiger partial charge is 0.356 e. The monoisotopic (exact) mass is 532 g/mol. The van der Waals surface area contributed by atoms with Crippen LogP contribution in [0.4, 0.5) is 11.6 Å². The van der Waals surface area contributed by atoms with E-state index < -0.39 is 22.9 Å². The highest BCUT2D eigenvalue weighted by atomic mass is 32.2. The second-order valence-corrected chi connectivity index (χ2v) is 11.3. The molecule has 3 N–H and O–H groups in total. The van der Waals surface area contributed by atoms with Gasteiger partial charge in [-0.05, 0) is 24.6 Å². The lowest BCUT2D eigenvalue weighted by Gasteiger charge is -2.46. The molecular formula is C22H24N6O6S2. The van der Waals surface area contributed by atoms with Gasteiger partial charge in [-0.25, -0.2) is 9.48 Å². The molecule has 3 aliphatic rings. The summed E-state index contributed by atoms with van der Waals surface area (Å²) in [5, 5.41) is 26.1. The highest BCUT2D eigenvalue weighted by Gasteiger charge is 2.60. The average molecular weight is 533 g/mol. The maximum absolute atomic E-state index is 13.3. The number of nitro groups is 1. The zero-order chi connectivity index (χ0) is 25.7. The molecule has 12 nitrogen and oxygen atoms in total. The van der Waals surface area contributed by atoms with E-state index in [1.54, 1.807) is 11.6 Å². The Kier molecular flexibility index (Phi) is 6.43. The molecule has 0 spiro atoms. The second-order valence-electron chi connectivity index (χ2n) is 8.95. The predicted molar refractivity (Wildman–Crippen MR) is 131 cm³/mol. The van der Waals surface area contributed by atoms with E-state index in [2.05, 4.69) is 10.1 Å². The number of non-ortho nitro benzene ring substituents is 1. The molecule has 0 radical (unpaired) electrons. The predicted octanol–water partition coefficient (Wildman–Crippen LogP) is 1.79. The van der Waals surface area contributed by atoms with Crippen molar-refractivity contribution in [3.05, 3.63) is 50.5 Å². The van der Waals surface area contributed by atoms with Crippen molar-refractivity contribution in [2.75, 3.05) is 11.5 Å². The van der Waals surface area contributed by atoms with Gasteiger partial charge in [-0.15, -0.1) is 16.9 Å². The van der Waals surface area contributed by atoms with Crippen molar-refractivity contribution in [3.8, 4) is 0 Å². The molecule has 190 valence electrons. The van der Waals surface area contributed by atoms with Crippen LogP contribution in [0.15, 0.2) is 40.0 Å². The number of aromatic nitrogens is 3. The summed E-state index contributed by atoms with van der Waals surface area (Å²) in [5.74, 6) is -0.760. The van der Waals surface area contributed by atoms with Gasteiger partial charge in [0, 0.05) is 34.0 Å². The molecule has 5 atom stereocenters. The first-order chi connectivity index (χ1) is 17.2. The topological polar surface area (TPSA) is 167 Å². The molecule has 0 saturated carbocycles. The number of β-lactam (4-membered cyclic amide) rings is 1. The van der Waals surface area contributed by atoms with Gasteiger partial charge in [0.25, 0.3) is 5.69 Å². The van der Waals surface area contributed by atoms with Crippen LogP contribution in [0.25, 0.3) is 0 Å². The number of aliphatic hydroxyl groups is 1. The fraction of sp³-hybridized carbons (Fsp3) is 0.455. The molecule has 1 amide bonds. The number of benzene rings is 1. The Hall–Kier alpha value is -3.10. The Labute approximate surface area is 214 Å². The number of aliphatic hydroxyl groups excluding tert-OH is 1. The summed E-state index contributed by atoms with van der Waals surface area (Å²) in [4.78, 5) is 43.0. The van der Waals surface area contributed by atoms with Gasteiger partial charge in [0.1, 0.15) is 12.3 Å². The Morgan fingerprint density at radius 1 is 1.42 bits per heavy atom. The van der Waals surface area contributed by atoms with Gasteiger partial charge in [-0.2, -0.15) is 4.98 Å². The second kappa shape index (κ2) is 9.41. The highest BCUT2D eigenvalue weighted by molar-refractivity contribution is 8.05. The van der Waals surface area contributed by atoms with Crippen LogP contribution in [-0.2, 0) is 27.5 Å². The van der Waals surface area contributed by atoms with Gasteiger partial charge in [0.2, 0.25) is 11.9 Å². The van der Waals surface area contributed by atoms with Crippen molar-refractivity contribution in [2.24, 2.45) is 11.8 Å². The summed E-state index contributed by atoms with van der Waals surface area (Å²) in [6.45, 7) is 3.99. The van der Waals surface area contributed by atoms with E-state index in [9.17, 15) is 24.8 Å². The Morgan fingerprint density at radius 2 is 2.14 bits per heavy atom. The number of carbonyl (C=O) groups excluding carboxylic acids is 2. The maximum atomic E-state index is 13.3. The number of thioether (sulfide) groups is 2. The summed E-state index contributed by atoms with van der Waals surface area (Å²) in [6.07, 6.45) is -0.839. The minimum atomic E-state index is -0.839. The van der Waals surface area contributed by atoms with Crippen LogP contribution in [0.5, 0.6) is 0 Å². The summed E-state index contributed by atoms with van der Waals surface area (Å²) in [6, 6.07) is 5.41. The summed E-state index contributed by atoms with van der Waals surface area (Å²) < 4.78 is 7.29. The molecule has 1 unspecified atom stereocenters. The minimum absolute atomic E-state index is 0.0531. The van der Waals surface area contributed by atoms with Crippen molar-refractivity contribution in [1.82, 2.24) is 19.7 Å². The number of nitrogens with two attached hydrogens (primary N) is 1. The number of fused-ring (bicyclic) bond motifs is 2. The first-order valence-corrected chi connectivity index (χ1v) is 13.2. The van der Waals surface area contributed by atoms with E-state index in [1.165, 1.54) is 52.7 Å². The Bertz CT molecular complexity index is 1260. The van der Waals surface area contributed by atoms with E-state index >= 15 is 0 Å². The van der Waals surface area contributed by atoms with Crippen molar-refractivity contribution in [3.63, 3.8) is 0 Å². The van der Waals surface area contributed by atoms with E-state index in [0.717, 1.165) is 15.8 Å². The van der Waals surface area contributed by atoms with Crippen LogP contribution < -0.4 is 5.73 Å². The van der Waals surface area contributed by atoms with E-state index in [4.69, 9.17) is 10.5 Å². The van der Waals surface area contributed by atoms with Gasteiger partial charge in [0.15, 0.2) is 5.16 Å². The average Bonchev–Trinajstić information content (AvgIpc) is 3.32. The number of hydrogen-bond donors (Lipinski definition) is 2. The number of esters is 1. The quantitative estimate of drug-likeness (QED) is 0.231. The molecule has 1 fully saturated rings. The number of nitrogen functional groups attached to an aromatic ring is 1. The van der Waals surface area contributed by atoms with Crippen LogP contribution >= 0.6 is 23.5 Å². The van der Waals surface area contributed by atoms with E-state index in [0.29, 0.717) is 12.1 Å². The van der Waals surface area contributed by atoms with Gasteiger partial charge in [-0.3, -0.25) is 14.9 Å². The molecule has 1 aromatic carbocycles. The van der Waals surface area contributed by atoms with Gasteiger partial charge >= 0.3 is 5.97 Å². The van der Waals surface area contributed by atoms with E-state index in [1.807, 2.05) is 6.92 Å². The number of hydrogen-bond acceptors (Lipinski definition) is 11. The van der Waals surface area contributed by atoms with Gasteiger partial charge in [0.05, 0.1) is 29.5 Å². The summed E-state index contributed by atoms with van der Waals surface area (Å²) in [7, 11) is 0. The summed E-state index contributed by atoms with van der Waals surface area (Å²) in [5.41, 5.74) is 6.46. The van der Waals surface area contributed by atoms with Crippen molar-refractivity contribution in [2.45, 2.75) is 49.6 Å². The maximum Gasteiger partial charge on any atom is 0.356 e. The van der Waals surface area contributed by atoms with Crippen LogP contribution in [0.2, 0.25) is 0 Å². The third-order valence-electron chi connectivity index (χ3n) is 6.54. The molecule has 5 rings (SSSR count). The third kappa shape index (κ3) is 4.22. The number of nitro benzene ring substituents is 1. The molecule has 1 aromatic heterocycles. The number of carbonyl (C=O) groups is 2. The van der Waals surface area contributed by atoms with Crippen molar-refractivity contribution >= 4 is 47.0 Å². The fourth-order valence-electron chi connectivity index (χ4n) is 4.83. The number of anilines is 1. The third-order valence-corrected chi connectivity index (χ3v) is 9.35. The normalized spacial score (nSPS) is 25.8. The molecule has 3 aliphatic heterocycles. The lowest BCUT2D eigenvalue weighted by molar-refractivity contribution is -0.384. The molecule has 0 bridgehead atoms. The number of nitrogens with zero attached hydrogens (tertiary/aromatic N) is 5. The Balaban J connectivity index is 1.38. The summed E-state index contributed by atoms with van der Waals surface area (Å²) >= 11 is 3.04. The first-order valence-electron chi connectivity index (χ1n) is 11.3. The lowest BCUT2D eigenvalue weighted by atomic mass is 9.79. The van der Waals surface area contributed by atoms with Crippen LogP contribution in [-0.4, -0.2) is 64.7 Å². The van der Waals surface area contributed by atoms with Crippen molar-refractivity contribution < 1.29 is 24.4 Å². The first kappa shape index (κ1) is 24.6. The van der Waals surface area contributed by atoms with Gasteiger partial charge in [-0.1, -0.05) is 18.7 Å². The van der Waals surface area contributed by atoms with Crippen molar-refractivity contribution in [1.29, 1.82) is 0 Å². The van der Waals surface area contributed by atoms with Gasteiger partial charge < -0.3 is 20.5 Å². The van der Waals surface area contributed by atoms with Crippen LogP contribution in [0.3, 0.4) is 0 Å².